The highest BCUT2D eigenvalue weighted by molar-refractivity contribution is 5.71. The fourth-order valence-corrected chi connectivity index (χ4v) is 8.83. The van der Waals surface area contributed by atoms with Crippen LogP contribution in [0.5, 0.6) is 0 Å². The van der Waals surface area contributed by atoms with E-state index in [2.05, 4.69) is 81.5 Å². The second-order valence-corrected chi connectivity index (χ2v) is 20.6. The van der Waals surface area contributed by atoms with Crippen LogP contribution in [-0.2, 0) is 28.6 Å². The predicted molar refractivity (Wildman–Crippen MR) is 307 cm³/mol. The maximum atomic E-state index is 12.9. The van der Waals surface area contributed by atoms with Gasteiger partial charge >= 0.3 is 17.9 Å². The molecule has 0 aliphatic rings. The molecule has 0 aromatic carbocycles. The molecule has 412 valence electrons. The predicted octanol–water partition coefficient (Wildman–Crippen LogP) is 20.8. The van der Waals surface area contributed by atoms with E-state index < -0.39 is 6.10 Å². The Morgan fingerprint density at radius 3 is 0.845 bits per heavy atom. The molecule has 0 aromatic rings. The van der Waals surface area contributed by atoms with Gasteiger partial charge in [-0.05, 0) is 89.9 Å². The summed E-state index contributed by atoms with van der Waals surface area (Å²) >= 11 is 0. The van der Waals surface area contributed by atoms with Crippen LogP contribution in [0.3, 0.4) is 0 Å². The van der Waals surface area contributed by atoms with Gasteiger partial charge in [-0.2, -0.15) is 0 Å². The third-order valence-corrected chi connectivity index (χ3v) is 13.5. The van der Waals surface area contributed by atoms with Crippen molar-refractivity contribution < 1.29 is 28.6 Å². The first-order chi connectivity index (χ1) is 35.0. The van der Waals surface area contributed by atoms with Gasteiger partial charge in [0.2, 0.25) is 0 Å². The lowest BCUT2D eigenvalue weighted by molar-refractivity contribution is -0.167. The van der Waals surface area contributed by atoms with Crippen LogP contribution in [0.25, 0.3) is 0 Å². The first kappa shape index (κ1) is 68.1. The molecule has 0 saturated carbocycles. The minimum absolute atomic E-state index is 0.0879. The van der Waals surface area contributed by atoms with Crippen LogP contribution in [-0.4, -0.2) is 37.2 Å². The van der Waals surface area contributed by atoms with E-state index in [1.165, 1.54) is 199 Å². The molecule has 1 atom stereocenters. The van der Waals surface area contributed by atoms with Gasteiger partial charge in [0.15, 0.2) is 6.10 Å². The Morgan fingerprint density at radius 2 is 0.507 bits per heavy atom. The van der Waals surface area contributed by atoms with Crippen molar-refractivity contribution in [1.29, 1.82) is 0 Å². The van der Waals surface area contributed by atoms with Gasteiger partial charge in [0.25, 0.3) is 0 Å². The monoisotopic (exact) mass is 993 g/mol. The summed E-state index contributed by atoms with van der Waals surface area (Å²) in [5.41, 5.74) is 0. The van der Waals surface area contributed by atoms with Crippen molar-refractivity contribution in [2.75, 3.05) is 13.2 Å². The SMILES string of the molecule is CCCCC/C=C\C/C=C\C/C=C\CCCCC(=O)O[C@H](COC(=O)CCCCCCCCCCC/C=C\C/C=C\CCCCC)COC(=O)CCCCCCCCCCCCCCCCCCCCC. The highest BCUT2D eigenvalue weighted by Gasteiger charge is 2.19. The standard InChI is InChI=1S/C65H116O6/c1-4-7-10-13-16-19-22-25-28-30-32-34-37-39-42-45-48-51-54-57-63(66)69-60-62(71-65(68)59-56-53-50-47-44-41-36-27-24-21-18-15-12-9-6-3)61-70-64(67)58-55-52-49-46-43-40-38-35-33-31-29-26-23-20-17-14-11-8-5-2/h16,18-19,21,25,27-28,36,44,47,62H,4-15,17,20,22-24,26,29-35,37-43,45-46,48-61H2,1-3H3/b19-16-,21-18-,28-25-,36-27-,47-44-/t62-/m1/s1. The van der Waals surface area contributed by atoms with Gasteiger partial charge in [-0.25, -0.2) is 0 Å². The number of unbranched alkanes of at least 4 members (excludes halogenated alkanes) is 35. The Morgan fingerprint density at radius 1 is 0.282 bits per heavy atom. The number of hydrogen-bond acceptors (Lipinski definition) is 6. The number of carbonyl (C=O) groups is 3. The van der Waals surface area contributed by atoms with E-state index in [0.29, 0.717) is 19.3 Å². The number of hydrogen-bond donors (Lipinski definition) is 0. The Balaban J connectivity index is 4.38. The zero-order valence-electron chi connectivity index (χ0n) is 47.2. The summed E-state index contributed by atoms with van der Waals surface area (Å²) in [7, 11) is 0. The van der Waals surface area contributed by atoms with Gasteiger partial charge in [0.1, 0.15) is 13.2 Å². The number of ether oxygens (including phenoxy) is 3. The summed E-state index contributed by atoms with van der Waals surface area (Å²) in [6, 6.07) is 0. The minimum atomic E-state index is -0.795. The van der Waals surface area contributed by atoms with Crippen molar-refractivity contribution in [3.8, 4) is 0 Å². The van der Waals surface area contributed by atoms with E-state index in [-0.39, 0.29) is 37.5 Å². The van der Waals surface area contributed by atoms with Crippen LogP contribution in [0.1, 0.15) is 316 Å². The van der Waals surface area contributed by atoms with E-state index in [0.717, 1.165) is 70.6 Å². The second-order valence-electron chi connectivity index (χ2n) is 20.6. The molecule has 0 aliphatic heterocycles. The summed E-state index contributed by atoms with van der Waals surface area (Å²) < 4.78 is 16.9. The fourth-order valence-electron chi connectivity index (χ4n) is 8.83. The van der Waals surface area contributed by atoms with Crippen molar-refractivity contribution in [2.24, 2.45) is 0 Å². The van der Waals surface area contributed by atoms with Gasteiger partial charge < -0.3 is 14.2 Å². The highest BCUT2D eigenvalue weighted by Crippen LogP contribution is 2.17. The molecule has 0 bridgehead atoms. The maximum Gasteiger partial charge on any atom is 0.306 e. The van der Waals surface area contributed by atoms with Crippen LogP contribution in [0.15, 0.2) is 60.8 Å². The van der Waals surface area contributed by atoms with Crippen LogP contribution in [0.4, 0.5) is 0 Å². The molecule has 71 heavy (non-hydrogen) atoms. The summed E-state index contributed by atoms with van der Waals surface area (Å²) in [5.74, 6) is -0.915. The van der Waals surface area contributed by atoms with Crippen molar-refractivity contribution in [1.82, 2.24) is 0 Å². The topological polar surface area (TPSA) is 78.9 Å². The molecule has 0 amide bonds. The average Bonchev–Trinajstić information content (AvgIpc) is 3.37. The third-order valence-electron chi connectivity index (χ3n) is 13.5. The smallest absolute Gasteiger partial charge is 0.306 e. The molecular formula is C65H116O6. The number of rotatable bonds is 56. The zero-order valence-corrected chi connectivity index (χ0v) is 47.2. The maximum absolute atomic E-state index is 12.9. The molecule has 0 saturated heterocycles. The molecule has 0 spiro atoms. The molecule has 0 N–H and O–H groups in total. The molecule has 0 heterocycles. The highest BCUT2D eigenvalue weighted by atomic mass is 16.6. The van der Waals surface area contributed by atoms with Gasteiger partial charge in [-0.15, -0.1) is 0 Å². The molecule has 0 unspecified atom stereocenters. The quantitative estimate of drug-likeness (QED) is 0.0261. The van der Waals surface area contributed by atoms with E-state index in [1.807, 2.05) is 0 Å². The average molecular weight is 994 g/mol. The molecular weight excluding hydrogens is 877 g/mol. The zero-order chi connectivity index (χ0) is 51.4. The number of carbonyl (C=O) groups excluding carboxylic acids is 3. The number of allylic oxidation sites excluding steroid dienone is 10. The second kappa shape index (κ2) is 59.7. The molecule has 0 aliphatic carbocycles. The van der Waals surface area contributed by atoms with Gasteiger partial charge in [0.05, 0.1) is 0 Å². The molecule has 0 rings (SSSR count). The van der Waals surface area contributed by atoms with Gasteiger partial charge in [0, 0.05) is 19.3 Å². The van der Waals surface area contributed by atoms with E-state index in [1.54, 1.807) is 0 Å². The van der Waals surface area contributed by atoms with E-state index >= 15 is 0 Å². The van der Waals surface area contributed by atoms with E-state index in [9.17, 15) is 14.4 Å². The van der Waals surface area contributed by atoms with Crippen molar-refractivity contribution in [3.05, 3.63) is 60.8 Å². The normalized spacial score (nSPS) is 12.4. The summed E-state index contributed by atoms with van der Waals surface area (Å²) in [6.45, 7) is 6.59. The van der Waals surface area contributed by atoms with Gasteiger partial charge in [-0.3, -0.25) is 14.4 Å². The Kier molecular flexibility index (Phi) is 57.2. The first-order valence-electron chi connectivity index (χ1n) is 30.8. The van der Waals surface area contributed by atoms with Crippen LogP contribution in [0, 0.1) is 0 Å². The Labute approximate surface area is 440 Å². The molecule has 6 heteroatoms. The molecule has 0 radical (unpaired) electrons. The third kappa shape index (κ3) is 57.9. The van der Waals surface area contributed by atoms with Crippen LogP contribution >= 0.6 is 0 Å². The largest absolute Gasteiger partial charge is 0.462 e. The van der Waals surface area contributed by atoms with Crippen molar-refractivity contribution >= 4 is 17.9 Å². The molecule has 0 fully saturated rings. The lowest BCUT2D eigenvalue weighted by Gasteiger charge is -2.18. The summed E-state index contributed by atoms with van der Waals surface area (Å²) in [6.07, 6.45) is 75.0. The van der Waals surface area contributed by atoms with Crippen molar-refractivity contribution in [3.63, 3.8) is 0 Å². The Bertz CT molecular complexity index is 1280. The van der Waals surface area contributed by atoms with Gasteiger partial charge in [-0.1, -0.05) is 268 Å². The summed E-state index contributed by atoms with van der Waals surface area (Å²) in [4.78, 5) is 38.2. The molecule has 6 nitrogen and oxygen atoms in total. The van der Waals surface area contributed by atoms with Crippen molar-refractivity contribution in [2.45, 2.75) is 322 Å². The fraction of sp³-hybridized carbons (Fsp3) is 0.800. The lowest BCUT2D eigenvalue weighted by atomic mass is 10.0. The van der Waals surface area contributed by atoms with E-state index in [4.69, 9.17) is 14.2 Å². The number of esters is 3. The molecule has 0 aromatic heterocycles. The van der Waals surface area contributed by atoms with Crippen LogP contribution < -0.4 is 0 Å². The first-order valence-corrected chi connectivity index (χ1v) is 30.8. The summed E-state index contributed by atoms with van der Waals surface area (Å²) in [5, 5.41) is 0. The Hall–Kier alpha value is -2.89. The lowest BCUT2D eigenvalue weighted by Crippen LogP contribution is -2.30. The minimum Gasteiger partial charge on any atom is -0.462 e. The van der Waals surface area contributed by atoms with Crippen LogP contribution in [0.2, 0.25) is 0 Å².